The fourth-order valence-corrected chi connectivity index (χ4v) is 1.68. The number of hydrogen-bond donors (Lipinski definition) is 0. The van der Waals surface area contributed by atoms with E-state index in [9.17, 15) is 4.79 Å². The number of methoxy groups -OCH3 is 1. The van der Waals surface area contributed by atoms with Crippen LogP contribution in [0.15, 0.2) is 63.8 Å². The van der Waals surface area contributed by atoms with E-state index in [1.165, 1.54) is 0 Å². The van der Waals surface area contributed by atoms with Crippen LogP contribution in [0.5, 0.6) is 5.75 Å². The molecule has 0 unspecified atom stereocenters. The lowest BCUT2D eigenvalue weighted by atomic mass is 10.2. The first-order valence-corrected chi connectivity index (χ1v) is 8.16. The summed E-state index contributed by atoms with van der Waals surface area (Å²) in [6.07, 6.45) is 0. The predicted octanol–water partition coefficient (Wildman–Crippen LogP) is 5.24. The Bertz CT molecular complexity index is 736. The standard InChI is InChI=1S/C9H7NO2.C7H8O.2C2H6/c1-6-10-8-5-3-2-4-7(8)9(11)12-6;1-8-7-5-3-2-4-6-7;2*1-2/h2-5H,1H3;2-6H,1H3;2*1-2H3. The van der Waals surface area contributed by atoms with E-state index in [1.54, 1.807) is 32.2 Å². The van der Waals surface area contributed by atoms with Crippen LogP contribution in [-0.4, -0.2) is 12.1 Å². The fourth-order valence-electron chi connectivity index (χ4n) is 1.68. The Balaban J connectivity index is 0.000000385. The van der Waals surface area contributed by atoms with E-state index in [4.69, 9.17) is 9.15 Å². The van der Waals surface area contributed by atoms with Crippen molar-refractivity contribution in [1.82, 2.24) is 4.98 Å². The van der Waals surface area contributed by atoms with Gasteiger partial charge in [-0.25, -0.2) is 9.78 Å². The average molecular weight is 329 g/mol. The highest BCUT2D eigenvalue weighted by molar-refractivity contribution is 5.76. The Morgan fingerprint density at radius 3 is 1.96 bits per heavy atom. The maximum absolute atomic E-state index is 11.2. The molecule has 4 nitrogen and oxygen atoms in total. The van der Waals surface area contributed by atoms with Crippen molar-refractivity contribution in [2.24, 2.45) is 0 Å². The minimum Gasteiger partial charge on any atom is -0.497 e. The lowest BCUT2D eigenvalue weighted by Crippen LogP contribution is -2.02. The van der Waals surface area contributed by atoms with Crippen molar-refractivity contribution in [1.29, 1.82) is 0 Å². The predicted molar refractivity (Wildman–Crippen MR) is 101 cm³/mol. The van der Waals surface area contributed by atoms with Gasteiger partial charge in [0.25, 0.3) is 0 Å². The van der Waals surface area contributed by atoms with E-state index >= 15 is 0 Å². The third-order valence-electron chi connectivity index (χ3n) is 2.62. The summed E-state index contributed by atoms with van der Waals surface area (Å²) in [7, 11) is 1.66. The Morgan fingerprint density at radius 2 is 1.42 bits per heavy atom. The Hall–Kier alpha value is -2.62. The van der Waals surface area contributed by atoms with Crippen LogP contribution in [0.4, 0.5) is 0 Å². The molecule has 0 aliphatic heterocycles. The van der Waals surface area contributed by atoms with Crippen molar-refractivity contribution in [3.8, 4) is 5.75 Å². The zero-order chi connectivity index (χ0) is 18.4. The lowest BCUT2D eigenvalue weighted by Gasteiger charge is -1.94. The van der Waals surface area contributed by atoms with Gasteiger partial charge in [-0.05, 0) is 24.3 Å². The highest BCUT2D eigenvalue weighted by Crippen LogP contribution is 2.06. The fraction of sp³-hybridized carbons (Fsp3) is 0.300. The van der Waals surface area contributed by atoms with E-state index < -0.39 is 0 Å². The number of hydrogen-bond acceptors (Lipinski definition) is 4. The summed E-state index contributed by atoms with van der Waals surface area (Å²) in [6, 6.07) is 16.8. The maximum atomic E-state index is 11.2. The molecule has 4 heteroatoms. The molecule has 0 radical (unpaired) electrons. The van der Waals surface area contributed by atoms with Crippen LogP contribution < -0.4 is 10.4 Å². The Labute approximate surface area is 144 Å². The SMILES string of the molecule is CC.CC.COc1ccccc1.Cc1nc2ccccc2c(=O)o1. The third-order valence-corrected chi connectivity index (χ3v) is 2.62. The van der Waals surface area contributed by atoms with Gasteiger partial charge in [0, 0.05) is 6.92 Å². The minimum absolute atomic E-state index is 0.321. The molecule has 0 aliphatic carbocycles. The molecule has 0 spiro atoms. The topological polar surface area (TPSA) is 52.3 Å². The number of aromatic nitrogens is 1. The molecule has 0 saturated carbocycles. The number of nitrogens with zero attached hydrogens (tertiary/aromatic N) is 1. The number of benzene rings is 2. The molecule has 0 amide bonds. The van der Waals surface area contributed by atoms with Crippen molar-refractivity contribution >= 4 is 10.9 Å². The average Bonchev–Trinajstić information content (AvgIpc) is 2.66. The molecule has 130 valence electrons. The van der Waals surface area contributed by atoms with Gasteiger partial charge in [0.1, 0.15) is 5.75 Å². The highest BCUT2D eigenvalue weighted by atomic mass is 16.5. The molecule has 3 rings (SSSR count). The molecule has 0 fully saturated rings. The van der Waals surface area contributed by atoms with Gasteiger partial charge in [-0.3, -0.25) is 0 Å². The van der Waals surface area contributed by atoms with Crippen LogP contribution in [0, 0.1) is 6.92 Å². The van der Waals surface area contributed by atoms with Gasteiger partial charge in [-0.2, -0.15) is 0 Å². The molecule has 0 aliphatic rings. The van der Waals surface area contributed by atoms with Crippen LogP contribution >= 0.6 is 0 Å². The normalized spacial score (nSPS) is 8.58. The van der Waals surface area contributed by atoms with Gasteiger partial charge in [-0.15, -0.1) is 0 Å². The third kappa shape index (κ3) is 7.09. The van der Waals surface area contributed by atoms with Crippen molar-refractivity contribution in [3.05, 3.63) is 70.9 Å². The molecular formula is C20H27NO3. The minimum atomic E-state index is -0.321. The van der Waals surface area contributed by atoms with Gasteiger partial charge in [-0.1, -0.05) is 58.0 Å². The van der Waals surface area contributed by atoms with E-state index in [0.29, 0.717) is 16.8 Å². The largest absolute Gasteiger partial charge is 0.497 e. The van der Waals surface area contributed by atoms with Crippen LogP contribution in [0.3, 0.4) is 0 Å². The Kier molecular flexibility index (Phi) is 11.5. The van der Waals surface area contributed by atoms with Crippen LogP contribution in [-0.2, 0) is 0 Å². The summed E-state index contributed by atoms with van der Waals surface area (Å²) in [5.41, 5.74) is 0.365. The van der Waals surface area contributed by atoms with Crippen LogP contribution in [0.1, 0.15) is 33.6 Å². The molecule has 1 aromatic heterocycles. The smallest absolute Gasteiger partial charge is 0.346 e. The monoisotopic (exact) mass is 329 g/mol. The molecule has 0 bridgehead atoms. The number of aryl methyl sites for hydroxylation is 1. The van der Waals surface area contributed by atoms with Gasteiger partial charge >= 0.3 is 5.63 Å². The summed E-state index contributed by atoms with van der Waals surface area (Å²) in [5.74, 6) is 1.31. The second kappa shape index (κ2) is 12.9. The highest BCUT2D eigenvalue weighted by Gasteiger charge is 2.00. The molecule has 0 N–H and O–H groups in total. The zero-order valence-corrected chi connectivity index (χ0v) is 15.4. The number of rotatable bonds is 1. The quantitative estimate of drug-likeness (QED) is 0.612. The van der Waals surface area contributed by atoms with Gasteiger partial charge in [0.15, 0.2) is 5.89 Å². The first-order chi connectivity index (χ1) is 11.7. The summed E-state index contributed by atoms with van der Waals surface area (Å²) >= 11 is 0. The van der Waals surface area contributed by atoms with E-state index in [0.717, 1.165) is 5.75 Å². The molecule has 3 aromatic rings. The van der Waals surface area contributed by atoms with E-state index in [-0.39, 0.29) is 5.63 Å². The molecule has 24 heavy (non-hydrogen) atoms. The first kappa shape index (κ1) is 21.4. The van der Waals surface area contributed by atoms with Crippen molar-refractivity contribution in [2.75, 3.05) is 7.11 Å². The molecule has 2 aromatic carbocycles. The number of fused-ring (bicyclic) bond motifs is 1. The summed E-state index contributed by atoms with van der Waals surface area (Å²) < 4.78 is 9.74. The van der Waals surface area contributed by atoms with Crippen molar-refractivity contribution < 1.29 is 9.15 Å². The van der Waals surface area contributed by atoms with Crippen molar-refractivity contribution in [3.63, 3.8) is 0 Å². The maximum Gasteiger partial charge on any atom is 0.346 e. The molecule has 0 saturated heterocycles. The summed E-state index contributed by atoms with van der Waals surface area (Å²) in [4.78, 5) is 15.3. The second-order valence-electron chi connectivity index (χ2n) is 4.05. The number of ether oxygens (including phenoxy) is 1. The van der Waals surface area contributed by atoms with Crippen LogP contribution in [0.25, 0.3) is 10.9 Å². The van der Waals surface area contributed by atoms with Gasteiger partial charge in [0.2, 0.25) is 0 Å². The van der Waals surface area contributed by atoms with Crippen LogP contribution in [0.2, 0.25) is 0 Å². The van der Waals surface area contributed by atoms with E-state index in [1.807, 2.05) is 64.1 Å². The first-order valence-electron chi connectivity index (χ1n) is 8.16. The van der Waals surface area contributed by atoms with Crippen molar-refractivity contribution in [2.45, 2.75) is 34.6 Å². The zero-order valence-electron chi connectivity index (χ0n) is 15.4. The summed E-state index contributed by atoms with van der Waals surface area (Å²) in [6.45, 7) is 9.66. The molecular weight excluding hydrogens is 302 g/mol. The van der Waals surface area contributed by atoms with Gasteiger partial charge in [0.05, 0.1) is 18.0 Å². The Morgan fingerprint density at radius 1 is 0.875 bits per heavy atom. The van der Waals surface area contributed by atoms with Gasteiger partial charge < -0.3 is 9.15 Å². The number of para-hydroxylation sites is 2. The molecule has 1 heterocycles. The summed E-state index contributed by atoms with van der Waals surface area (Å²) in [5, 5.41) is 0.531. The lowest BCUT2D eigenvalue weighted by molar-refractivity contribution is 0.415. The second-order valence-corrected chi connectivity index (χ2v) is 4.05. The molecule has 0 atom stereocenters. The van der Waals surface area contributed by atoms with E-state index in [2.05, 4.69) is 4.98 Å².